The van der Waals surface area contributed by atoms with E-state index in [1.54, 1.807) is 43.3 Å². The summed E-state index contributed by atoms with van der Waals surface area (Å²) in [5.41, 5.74) is 0.769. The first kappa shape index (κ1) is 28.3. The molecule has 0 bridgehead atoms. The molecular formula is C24H32ClN3O6S. The number of nitrogens with one attached hydrogen (secondary N) is 1. The minimum absolute atomic E-state index is 0.0199. The molecule has 11 heteroatoms. The SMILES string of the molecule is CCCNC(=O)[C@H](C)N(Cc1ccccc1Cl)C(=O)CN(c1cc(OC)ccc1OC)S(C)(=O)=O. The molecule has 0 unspecified atom stereocenters. The number of carbonyl (C=O) groups excluding carboxylic acids is 2. The van der Waals surface area contributed by atoms with Gasteiger partial charge in [0.1, 0.15) is 24.1 Å². The summed E-state index contributed by atoms with van der Waals surface area (Å²) < 4.78 is 37.1. The molecule has 1 N–H and O–H groups in total. The molecule has 0 aliphatic rings. The Morgan fingerprint density at radius 3 is 2.37 bits per heavy atom. The van der Waals surface area contributed by atoms with Crippen molar-refractivity contribution in [3.8, 4) is 11.5 Å². The molecule has 2 rings (SSSR count). The third kappa shape index (κ3) is 7.50. The average molecular weight is 526 g/mol. The van der Waals surface area contributed by atoms with Gasteiger partial charge in [-0.2, -0.15) is 0 Å². The maximum atomic E-state index is 13.6. The van der Waals surface area contributed by atoms with Crippen molar-refractivity contribution in [3.05, 3.63) is 53.1 Å². The van der Waals surface area contributed by atoms with Gasteiger partial charge in [-0.25, -0.2) is 8.42 Å². The molecule has 2 aromatic carbocycles. The zero-order valence-corrected chi connectivity index (χ0v) is 22.1. The first-order valence-corrected chi connectivity index (χ1v) is 13.3. The maximum absolute atomic E-state index is 13.6. The van der Waals surface area contributed by atoms with E-state index in [1.807, 2.05) is 6.92 Å². The second-order valence-electron chi connectivity index (χ2n) is 7.89. The summed E-state index contributed by atoms with van der Waals surface area (Å²) in [7, 11) is -1.07. The van der Waals surface area contributed by atoms with Crippen molar-refractivity contribution in [2.24, 2.45) is 0 Å². The number of nitrogens with zero attached hydrogens (tertiary/aromatic N) is 2. The van der Waals surface area contributed by atoms with Crippen LogP contribution < -0.4 is 19.1 Å². The Bertz CT molecular complexity index is 1140. The Hall–Kier alpha value is -2.98. The Labute approximate surface area is 212 Å². The molecule has 0 saturated heterocycles. The highest BCUT2D eigenvalue weighted by Crippen LogP contribution is 2.34. The summed E-state index contributed by atoms with van der Waals surface area (Å²) in [6.07, 6.45) is 1.73. The van der Waals surface area contributed by atoms with Crippen LogP contribution in [0.1, 0.15) is 25.8 Å². The van der Waals surface area contributed by atoms with Crippen LogP contribution in [0, 0.1) is 0 Å². The second kappa shape index (κ2) is 12.6. The fourth-order valence-electron chi connectivity index (χ4n) is 3.38. The predicted molar refractivity (Wildman–Crippen MR) is 137 cm³/mol. The van der Waals surface area contributed by atoms with Gasteiger partial charge in [0.15, 0.2) is 0 Å². The fourth-order valence-corrected chi connectivity index (χ4v) is 4.42. The number of ether oxygens (including phenoxy) is 2. The first-order chi connectivity index (χ1) is 16.5. The van der Waals surface area contributed by atoms with Crippen molar-refractivity contribution >= 4 is 39.1 Å². The average Bonchev–Trinajstić information content (AvgIpc) is 2.83. The summed E-state index contributed by atoms with van der Waals surface area (Å²) in [6.45, 7) is 3.43. The van der Waals surface area contributed by atoms with Crippen molar-refractivity contribution < 1.29 is 27.5 Å². The molecule has 0 aromatic heterocycles. The number of hydrogen-bond acceptors (Lipinski definition) is 6. The molecule has 2 aromatic rings. The van der Waals surface area contributed by atoms with Gasteiger partial charge >= 0.3 is 0 Å². The van der Waals surface area contributed by atoms with Crippen LogP contribution in [-0.2, 0) is 26.2 Å². The van der Waals surface area contributed by atoms with Gasteiger partial charge in [0.2, 0.25) is 21.8 Å². The molecule has 0 aliphatic carbocycles. The standard InChI is InChI=1S/C24H32ClN3O6S/c1-6-13-26-24(30)17(2)27(15-18-9-7-8-10-20(18)25)23(29)16-28(35(5,31)32)21-14-19(33-3)11-12-22(21)34-4/h7-12,14,17H,6,13,15-16H2,1-5H3,(H,26,30)/t17-/m0/s1. The molecule has 0 aliphatic heterocycles. The third-order valence-electron chi connectivity index (χ3n) is 5.35. The quantitative estimate of drug-likeness (QED) is 0.456. The number of anilines is 1. The monoisotopic (exact) mass is 525 g/mol. The molecule has 0 saturated carbocycles. The lowest BCUT2D eigenvalue weighted by atomic mass is 10.1. The van der Waals surface area contributed by atoms with Crippen LogP contribution in [0.15, 0.2) is 42.5 Å². The van der Waals surface area contributed by atoms with Crippen LogP contribution in [0.3, 0.4) is 0 Å². The van der Waals surface area contributed by atoms with Crippen LogP contribution in [-0.4, -0.2) is 64.7 Å². The van der Waals surface area contributed by atoms with Gasteiger partial charge in [0.25, 0.3) is 0 Å². The van der Waals surface area contributed by atoms with Crippen molar-refractivity contribution in [2.75, 3.05) is 37.9 Å². The van der Waals surface area contributed by atoms with Gasteiger partial charge in [-0.15, -0.1) is 0 Å². The highest BCUT2D eigenvalue weighted by molar-refractivity contribution is 7.92. The largest absolute Gasteiger partial charge is 0.497 e. The number of sulfonamides is 1. The van der Waals surface area contributed by atoms with Gasteiger partial charge in [-0.3, -0.25) is 13.9 Å². The number of amides is 2. The summed E-state index contributed by atoms with van der Waals surface area (Å²) in [5, 5.41) is 3.21. The Morgan fingerprint density at radius 2 is 1.80 bits per heavy atom. The maximum Gasteiger partial charge on any atom is 0.244 e. The van der Waals surface area contributed by atoms with Gasteiger partial charge in [0, 0.05) is 24.2 Å². The highest BCUT2D eigenvalue weighted by Gasteiger charge is 2.31. The number of hydrogen-bond donors (Lipinski definition) is 1. The molecule has 0 radical (unpaired) electrons. The minimum Gasteiger partial charge on any atom is -0.497 e. The van der Waals surface area contributed by atoms with Crippen molar-refractivity contribution in [1.29, 1.82) is 0 Å². The molecular weight excluding hydrogens is 494 g/mol. The first-order valence-electron chi connectivity index (χ1n) is 11.0. The van der Waals surface area contributed by atoms with Crippen LogP contribution >= 0.6 is 11.6 Å². The predicted octanol–water partition coefficient (Wildman–Crippen LogP) is 3.07. The van der Waals surface area contributed by atoms with Gasteiger partial charge in [0.05, 0.1) is 26.2 Å². The Morgan fingerprint density at radius 1 is 1.11 bits per heavy atom. The van der Waals surface area contributed by atoms with Crippen molar-refractivity contribution in [2.45, 2.75) is 32.9 Å². The number of carbonyl (C=O) groups is 2. The summed E-state index contributed by atoms with van der Waals surface area (Å²) >= 11 is 6.31. The number of methoxy groups -OCH3 is 2. The lowest BCUT2D eigenvalue weighted by molar-refractivity contribution is -0.139. The molecule has 1 atom stereocenters. The lowest BCUT2D eigenvalue weighted by Crippen LogP contribution is -2.51. The van der Waals surface area contributed by atoms with Gasteiger partial charge in [-0.1, -0.05) is 36.7 Å². The van der Waals surface area contributed by atoms with Crippen LogP contribution in [0.25, 0.3) is 0 Å². The van der Waals surface area contributed by atoms with Gasteiger partial charge in [-0.05, 0) is 37.1 Å². The summed E-state index contributed by atoms with van der Waals surface area (Å²) in [6, 6.07) is 10.7. The highest BCUT2D eigenvalue weighted by atomic mass is 35.5. The van der Waals surface area contributed by atoms with Crippen molar-refractivity contribution in [3.63, 3.8) is 0 Å². The van der Waals surface area contributed by atoms with E-state index in [1.165, 1.54) is 25.2 Å². The molecule has 35 heavy (non-hydrogen) atoms. The van der Waals surface area contributed by atoms with Crippen molar-refractivity contribution in [1.82, 2.24) is 10.2 Å². The third-order valence-corrected chi connectivity index (χ3v) is 6.84. The molecule has 9 nitrogen and oxygen atoms in total. The van der Waals surface area contributed by atoms with Crippen LogP contribution in [0.2, 0.25) is 5.02 Å². The molecule has 0 fully saturated rings. The Balaban J connectivity index is 2.48. The normalized spacial score (nSPS) is 11.9. The van der Waals surface area contributed by atoms with Crippen LogP contribution in [0.5, 0.6) is 11.5 Å². The van der Waals surface area contributed by atoms with E-state index in [4.69, 9.17) is 21.1 Å². The number of halogens is 1. The second-order valence-corrected chi connectivity index (χ2v) is 10.2. The lowest BCUT2D eigenvalue weighted by Gasteiger charge is -2.32. The van der Waals surface area contributed by atoms with E-state index >= 15 is 0 Å². The van der Waals surface area contributed by atoms with Gasteiger partial charge < -0.3 is 19.7 Å². The molecule has 0 heterocycles. The van der Waals surface area contributed by atoms with E-state index in [0.29, 0.717) is 22.9 Å². The smallest absolute Gasteiger partial charge is 0.244 e. The van der Waals surface area contributed by atoms with E-state index in [0.717, 1.165) is 17.0 Å². The number of rotatable bonds is 12. The van der Waals surface area contributed by atoms with E-state index < -0.39 is 28.5 Å². The zero-order chi connectivity index (χ0) is 26.2. The zero-order valence-electron chi connectivity index (χ0n) is 20.6. The number of benzene rings is 2. The molecule has 2 amide bonds. The Kier molecular flexibility index (Phi) is 10.2. The van der Waals surface area contributed by atoms with E-state index in [2.05, 4.69) is 5.32 Å². The van der Waals surface area contributed by atoms with Crippen LogP contribution in [0.4, 0.5) is 5.69 Å². The van der Waals surface area contributed by atoms with E-state index in [9.17, 15) is 18.0 Å². The molecule has 0 spiro atoms. The molecule has 192 valence electrons. The van der Waals surface area contributed by atoms with E-state index in [-0.39, 0.29) is 23.9 Å². The topological polar surface area (TPSA) is 105 Å². The minimum atomic E-state index is -3.92. The fraction of sp³-hybridized carbons (Fsp3) is 0.417. The summed E-state index contributed by atoms with van der Waals surface area (Å²) in [5.74, 6) is -0.297. The summed E-state index contributed by atoms with van der Waals surface area (Å²) in [4.78, 5) is 27.7.